The number of alkyl halides is 5. The van der Waals surface area contributed by atoms with Crippen molar-refractivity contribution >= 4 is 40.3 Å². The van der Waals surface area contributed by atoms with E-state index in [4.69, 9.17) is 16.3 Å². The maximum atomic E-state index is 13.0. The molecule has 1 aliphatic rings. The van der Waals surface area contributed by atoms with E-state index in [1.807, 2.05) is 0 Å². The van der Waals surface area contributed by atoms with Crippen LogP contribution in [0.2, 0.25) is 5.15 Å². The third-order valence-corrected chi connectivity index (χ3v) is 6.20. The van der Waals surface area contributed by atoms with Gasteiger partial charge in [-0.1, -0.05) is 11.6 Å². The van der Waals surface area contributed by atoms with Gasteiger partial charge in [0.15, 0.2) is 17.4 Å². The molecule has 1 fully saturated rings. The number of halogens is 6. The Hall–Kier alpha value is -3.22. The molecule has 3 heterocycles. The van der Waals surface area contributed by atoms with Gasteiger partial charge in [0.1, 0.15) is 5.56 Å². The molecule has 1 amide bonds. The molecular weight excluding hydrogens is 511 g/mol. The van der Waals surface area contributed by atoms with Crippen LogP contribution < -0.4 is 15.4 Å². The number of aryl methyl sites for hydroxylation is 1. The number of carbonyl (C=O) groups is 1. The zero-order valence-corrected chi connectivity index (χ0v) is 19.7. The third kappa shape index (κ3) is 5.94. The van der Waals surface area contributed by atoms with Crippen LogP contribution in [-0.2, 0) is 0 Å². The Morgan fingerprint density at radius 1 is 1.25 bits per heavy atom. The van der Waals surface area contributed by atoms with Crippen LogP contribution in [0.4, 0.5) is 33.6 Å². The van der Waals surface area contributed by atoms with Crippen LogP contribution in [0, 0.1) is 12.8 Å². The second kappa shape index (κ2) is 10.4. The third-order valence-electron chi connectivity index (χ3n) is 5.91. The van der Waals surface area contributed by atoms with Crippen molar-refractivity contribution in [1.29, 1.82) is 0 Å². The predicted octanol–water partition coefficient (Wildman–Crippen LogP) is 5.55. The van der Waals surface area contributed by atoms with Crippen molar-refractivity contribution in [3.8, 4) is 5.88 Å². The number of amides is 1. The van der Waals surface area contributed by atoms with Gasteiger partial charge in [0, 0.05) is 12.2 Å². The first kappa shape index (κ1) is 25.9. The van der Waals surface area contributed by atoms with Crippen LogP contribution in [-0.4, -0.2) is 51.1 Å². The summed E-state index contributed by atoms with van der Waals surface area (Å²) in [5, 5.41) is 5.85. The molecule has 4 rings (SSSR count). The summed E-state index contributed by atoms with van der Waals surface area (Å²) in [6.07, 6.45) is -5.48. The van der Waals surface area contributed by atoms with Gasteiger partial charge in [-0.2, -0.15) is 23.1 Å². The number of H-pyrrole nitrogens is 1. The van der Waals surface area contributed by atoms with Crippen molar-refractivity contribution in [3.05, 3.63) is 34.6 Å². The average molecular weight is 533 g/mol. The molecule has 3 N–H and O–H groups in total. The average Bonchev–Trinajstić information content (AvgIpc) is 3.20. The maximum Gasteiger partial charge on any atom is 0.391 e. The highest BCUT2D eigenvalue weighted by atomic mass is 35.5. The van der Waals surface area contributed by atoms with Crippen LogP contribution in [0.3, 0.4) is 0 Å². The van der Waals surface area contributed by atoms with E-state index >= 15 is 0 Å². The van der Waals surface area contributed by atoms with Crippen LogP contribution >= 0.6 is 11.6 Å². The van der Waals surface area contributed by atoms with E-state index in [-0.39, 0.29) is 53.9 Å². The van der Waals surface area contributed by atoms with Crippen LogP contribution in [0.15, 0.2) is 18.3 Å². The highest BCUT2D eigenvalue weighted by Crippen LogP contribution is 2.37. The van der Waals surface area contributed by atoms with Gasteiger partial charge in [0.2, 0.25) is 11.8 Å². The van der Waals surface area contributed by atoms with Crippen LogP contribution in [0.5, 0.6) is 5.88 Å². The molecule has 0 aliphatic heterocycles. The molecule has 194 valence electrons. The quantitative estimate of drug-likeness (QED) is 0.272. The number of carbonyl (C=O) groups excluding carboxylic acids is 1. The fraction of sp³-hybridized carbons (Fsp3) is 0.455. The summed E-state index contributed by atoms with van der Waals surface area (Å²) in [5.74, 6) is -2.25. The summed E-state index contributed by atoms with van der Waals surface area (Å²) < 4.78 is 69.5. The number of aromatic nitrogens is 4. The fourth-order valence-corrected chi connectivity index (χ4v) is 4.27. The summed E-state index contributed by atoms with van der Waals surface area (Å²) in [7, 11) is 0. The minimum atomic E-state index is -4.27. The van der Waals surface area contributed by atoms with Gasteiger partial charge in [-0.15, -0.1) is 0 Å². The number of hydrogen-bond donors (Lipinski definition) is 3. The fourth-order valence-electron chi connectivity index (χ4n) is 4.02. The first-order valence-corrected chi connectivity index (χ1v) is 11.5. The molecule has 0 saturated heterocycles. The second-order valence-corrected chi connectivity index (χ2v) is 8.84. The Balaban J connectivity index is 1.57. The number of anilines is 2. The van der Waals surface area contributed by atoms with E-state index in [0.717, 1.165) is 5.56 Å². The molecule has 0 radical (unpaired) electrons. The number of nitrogens with one attached hydrogen (secondary N) is 3. The van der Waals surface area contributed by atoms with E-state index < -0.39 is 37.1 Å². The van der Waals surface area contributed by atoms with E-state index in [2.05, 4.69) is 30.6 Å². The minimum absolute atomic E-state index is 0.0849. The number of nitrogens with zero attached hydrogens (tertiary/aromatic N) is 3. The smallest absolute Gasteiger partial charge is 0.391 e. The SMILES string of the molecule is Cc1ccnc(Cl)c1Nc1nc2nc(OCC(F)F)c(C(=O)NC3CCC(C(F)(F)F)CC3)cc2[nH]1. The lowest BCUT2D eigenvalue weighted by Gasteiger charge is -2.30. The molecule has 3 aromatic rings. The van der Waals surface area contributed by atoms with Gasteiger partial charge in [0.05, 0.1) is 17.1 Å². The monoisotopic (exact) mass is 532 g/mol. The normalized spacial score (nSPS) is 18.4. The lowest BCUT2D eigenvalue weighted by Crippen LogP contribution is -2.40. The summed E-state index contributed by atoms with van der Waals surface area (Å²) in [5.41, 5.74) is 1.50. The topological polar surface area (TPSA) is 105 Å². The second-order valence-electron chi connectivity index (χ2n) is 8.48. The van der Waals surface area contributed by atoms with Crippen molar-refractivity contribution in [2.24, 2.45) is 5.92 Å². The number of ether oxygens (including phenoxy) is 1. The maximum absolute atomic E-state index is 13.0. The molecule has 1 saturated carbocycles. The van der Waals surface area contributed by atoms with Crippen molar-refractivity contribution in [1.82, 2.24) is 25.3 Å². The molecule has 3 aromatic heterocycles. The summed E-state index contributed by atoms with van der Waals surface area (Å²) in [4.78, 5) is 28.3. The first-order chi connectivity index (χ1) is 17.0. The standard InChI is InChI=1S/C22H22ClF5N6O2/c1-10-6-7-29-17(23)16(10)32-21-31-14-8-13(20(33-18(14)34-21)36-9-15(24)25)19(35)30-12-4-2-11(3-5-12)22(26,27)28/h6-8,11-12,15H,2-5,9H2,1H3,(H,30,35)(H2,31,32,33,34). The Kier molecular flexibility index (Phi) is 7.48. The van der Waals surface area contributed by atoms with Gasteiger partial charge in [-0.05, 0) is 50.3 Å². The van der Waals surface area contributed by atoms with Crippen molar-refractivity contribution in [3.63, 3.8) is 0 Å². The van der Waals surface area contributed by atoms with Crippen molar-refractivity contribution in [2.45, 2.75) is 51.3 Å². The highest BCUT2D eigenvalue weighted by Gasteiger charge is 2.41. The van der Waals surface area contributed by atoms with E-state index in [0.29, 0.717) is 11.2 Å². The Bertz CT molecular complexity index is 1220. The lowest BCUT2D eigenvalue weighted by molar-refractivity contribution is -0.182. The molecule has 0 aromatic carbocycles. The number of fused-ring (bicyclic) bond motifs is 1. The van der Waals surface area contributed by atoms with E-state index in [1.54, 1.807) is 13.0 Å². The zero-order valence-electron chi connectivity index (χ0n) is 18.9. The molecule has 36 heavy (non-hydrogen) atoms. The van der Waals surface area contributed by atoms with Crippen LogP contribution in [0.25, 0.3) is 11.2 Å². The van der Waals surface area contributed by atoms with E-state index in [9.17, 15) is 26.7 Å². The largest absolute Gasteiger partial charge is 0.471 e. The molecule has 14 heteroatoms. The Morgan fingerprint density at radius 3 is 2.61 bits per heavy atom. The highest BCUT2D eigenvalue weighted by molar-refractivity contribution is 6.32. The molecule has 0 spiro atoms. The van der Waals surface area contributed by atoms with E-state index in [1.165, 1.54) is 12.3 Å². The van der Waals surface area contributed by atoms with Crippen molar-refractivity contribution in [2.75, 3.05) is 11.9 Å². The minimum Gasteiger partial charge on any atom is -0.471 e. The summed E-state index contributed by atoms with van der Waals surface area (Å²) in [6.45, 7) is 0.799. The van der Waals surface area contributed by atoms with Gasteiger partial charge < -0.3 is 20.4 Å². The first-order valence-electron chi connectivity index (χ1n) is 11.1. The molecular formula is C22H22ClF5N6O2. The number of pyridine rings is 2. The van der Waals surface area contributed by atoms with Crippen LogP contribution in [0.1, 0.15) is 41.6 Å². The van der Waals surface area contributed by atoms with Gasteiger partial charge in [-0.3, -0.25) is 4.79 Å². The lowest BCUT2D eigenvalue weighted by atomic mass is 9.85. The summed E-state index contributed by atoms with van der Waals surface area (Å²) in [6, 6.07) is 2.58. The van der Waals surface area contributed by atoms with Gasteiger partial charge >= 0.3 is 6.18 Å². The number of imidazole rings is 1. The number of rotatable bonds is 7. The Labute approximate surface area is 207 Å². The molecule has 0 unspecified atom stereocenters. The summed E-state index contributed by atoms with van der Waals surface area (Å²) >= 11 is 6.13. The molecule has 0 atom stereocenters. The molecule has 0 bridgehead atoms. The number of hydrogen-bond acceptors (Lipinski definition) is 6. The van der Waals surface area contributed by atoms with Gasteiger partial charge in [-0.25, -0.2) is 13.8 Å². The molecule has 8 nitrogen and oxygen atoms in total. The number of aromatic amines is 1. The predicted molar refractivity (Wildman–Crippen MR) is 122 cm³/mol. The molecule has 1 aliphatic carbocycles. The van der Waals surface area contributed by atoms with Gasteiger partial charge in [0.25, 0.3) is 12.3 Å². The van der Waals surface area contributed by atoms with Crippen molar-refractivity contribution < 1.29 is 31.5 Å². The zero-order chi connectivity index (χ0) is 26.0. The Morgan fingerprint density at radius 2 is 1.97 bits per heavy atom.